The fourth-order valence-corrected chi connectivity index (χ4v) is 3.83. The van der Waals surface area contributed by atoms with E-state index in [9.17, 15) is 18.4 Å². The lowest BCUT2D eigenvalue weighted by atomic mass is 10.1. The first-order chi connectivity index (χ1) is 18.0. The minimum absolute atomic E-state index is 0.00503. The lowest BCUT2D eigenvalue weighted by Gasteiger charge is -2.13. The Bertz CT molecular complexity index is 986. The minimum Gasteiger partial charge on any atom is -0.380 e. The number of Topliss-reactive ketones (excluding diaryl/α,β-unsaturated/α-hetero) is 1. The molecule has 0 fully saturated rings. The summed E-state index contributed by atoms with van der Waals surface area (Å²) in [6.45, 7) is 23.7. The average molecular weight is 551 g/mol. The van der Waals surface area contributed by atoms with Crippen molar-refractivity contribution >= 4 is 23.0 Å². The molecule has 214 valence electrons. The zero-order chi connectivity index (χ0) is 29.7. The summed E-state index contributed by atoms with van der Waals surface area (Å²) >= 11 is 1.64. The van der Waals surface area contributed by atoms with E-state index in [1.54, 1.807) is 17.4 Å². The van der Waals surface area contributed by atoms with Crippen LogP contribution in [-0.2, 0) is 16.0 Å². The van der Waals surface area contributed by atoms with Crippen molar-refractivity contribution < 1.29 is 18.4 Å². The number of hydrogen-bond donors (Lipinski definition) is 2. The van der Waals surface area contributed by atoms with Crippen LogP contribution in [-0.4, -0.2) is 24.3 Å². The van der Waals surface area contributed by atoms with Gasteiger partial charge in [-0.1, -0.05) is 52.8 Å². The molecule has 38 heavy (non-hydrogen) atoms. The van der Waals surface area contributed by atoms with E-state index in [0.29, 0.717) is 25.8 Å². The molecule has 1 unspecified atom stereocenters. The van der Waals surface area contributed by atoms with Crippen LogP contribution in [0.25, 0.3) is 11.1 Å². The standard InChI is InChI=1S/C15H26N2O2.C12H10F2S.2C2H6/c1-11(2)9-10-16-15(19)8-6-7-14(18)13(5)17-12(3)4;1-2-10-5-9(7-15-10)8-3-4-11(13)12(14)6-8;2*1-2/h13,17H,1,3,6-10H2,2,4-5H3,(H,16,19);3-7H,2H2,1H3;2*1-2H3. The second-order valence-corrected chi connectivity index (χ2v) is 9.30. The van der Waals surface area contributed by atoms with Gasteiger partial charge in [0, 0.05) is 30.0 Å². The number of rotatable bonds is 12. The van der Waals surface area contributed by atoms with Crippen molar-refractivity contribution in [2.24, 2.45) is 0 Å². The third kappa shape index (κ3) is 16.8. The first kappa shape index (κ1) is 37.4. The summed E-state index contributed by atoms with van der Waals surface area (Å²) in [5, 5.41) is 7.75. The van der Waals surface area contributed by atoms with Gasteiger partial charge in [0.15, 0.2) is 17.4 Å². The molecule has 0 aliphatic carbocycles. The maximum Gasteiger partial charge on any atom is 0.220 e. The normalized spacial score (nSPS) is 10.3. The molecule has 2 N–H and O–H groups in total. The number of carbonyl (C=O) groups excluding carboxylic acids is 2. The van der Waals surface area contributed by atoms with E-state index >= 15 is 0 Å². The number of ketones is 1. The van der Waals surface area contributed by atoms with Gasteiger partial charge in [-0.3, -0.25) is 9.59 Å². The van der Waals surface area contributed by atoms with Crippen molar-refractivity contribution in [1.29, 1.82) is 0 Å². The van der Waals surface area contributed by atoms with Gasteiger partial charge < -0.3 is 10.6 Å². The van der Waals surface area contributed by atoms with Crippen LogP contribution in [0.1, 0.15) is 86.0 Å². The third-order valence-corrected chi connectivity index (χ3v) is 5.98. The molecule has 2 aromatic rings. The van der Waals surface area contributed by atoms with Crippen LogP contribution in [0.3, 0.4) is 0 Å². The van der Waals surface area contributed by atoms with Crippen LogP contribution in [0, 0.1) is 11.6 Å². The highest BCUT2D eigenvalue weighted by molar-refractivity contribution is 7.10. The monoisotopic (exact) mass is 550 g/mol. The molecule has 1 amide bonds. The summed E-state index contributed by atoms with van der Waals surface area (Å²) in [5.41, 5.74) is 3.51. The number of amides is 1. The molecule has 1 aromatic heterocycles. The predicted octanol–water partition coefficient (Wildman–Crippen LogP) is 8.63. The Kier molecular flexibility index (Phi) is 21.8. The summed E-state index contributed by atoms with van der Waals surface area (Å²) < 4.78 is 25.7. The van der Waals surface area contributed by atoms with Gasteiger partial charge in [-0.25, -0.2) is 8.78 Å². The van der Waals surface area contributed by atoms with Crippen LogP contribution < -0.4 is 10.6 Å². The largest absolute Gasteiger partial charge is 0.380 e. The van der Waals surface area contributed by atoms with Crippen LogP contribution in [0.2, 0.25) is 0 Å². The van der Waals surface area contributed by atoms with Gasteiger partial charge >= 0.3 is 0 Å². The van der Waals surface area contributed by atoms with Crippen molar-refractivity contribution in [3.05, 3.63) is 70.6 Å². The molecule has 1 heterocycles. The van der Waals surface area contributed by atoms with Gasteiger partial charge in [-0.05, 0) is 74.7 Å². The van der Waals surface area contributed by atoms with E-state index in [2.05, 4.69) is 30.7 Å². The molecule has 2 rings (SSSR count). The number of allylic oxidation sites excluding steroid dienone is 1. The lowest BCUT2D eigenvalue weighted by Crippen LogP contribution is -2.32. The zero-order valence-electron chi connectivity index (χ0n) is 24.6. The van der Waals surface area contributed by atoms with Gasteiger partial charge in [-0.15, -0.1) is 17.9 Å². The summed E-state index contributed by atoms with van der Waals surface area (Å²) in [6, 6.07) is 5.77. The maximum atomic E-state index is 13.0. The number of thiophene rings is 1. The predicted molar refractivity (Wildman–Crippen MR) is 160 cm³/mol. The van der Waals surface area contributed by atoms with Crippen molar-refractivity contribution in [3.8, 4) is 11.1 Å². The SMILES string of the molecule is C=C(C)CCNC(=O)CCCC(=O)C(C)NC(=C)C.CC.CC.CCc1cc(-c2ccc(F)c(F)c2)cs1. The number of benzene rings is 1. The number of nitrogens with one attached hydrogen (secondary N) is 2. The van der Waals surface area contributed by atoms with E-state index in [4.69, 9.17) is 0 Å². The highest BCUT2D eigenvalue weighted by Crippen LogP contribution is 2.27. The van der Waals surface area contributed by atoms with Crippen LogP contribution in [0.5, 0.6) is 0 Å². The quantitative estimate of drug-likeness (QED) is 0.260. The Morgan fingerprint density at radius 2 is 1.58 bits per heavy atom. The smallest absolute Gasteiger partial charge is 0.220 e. The number of aryl methyl sites for hydroxylation is 1. The van der Waals surface area contributed by atoms with E-state index in [1.807, 2.05) is 59.9 Å². The molecule has 0 bridgehead atoms. The Hall–Kier alpha value is -2.80. The first-order valence-electron chi connectivity index (χ1n) is 13.4. The molecule has 0 saturated carbocycles. The molecular weight excluding hydrogens is 502 g/mol. The number of carbonyl (C=O) groups is 2. The van der Waals surface area contributed by atoms with E-state index < -0.39 is 11.6 Å². The van der Waals surface area contributed by atoms with Gasteiger partial charge in [0.2, 0.25) is 5.91 Å². The van der Waals surface area contributed by atoms with Gasteiger partial charge in [-0.2, -0.15) is 0 Å². The summed E-state index contributed by atoms with van der Waals surface area (Å²) in [6.07, 6.45) is 3.15. The van der Waals surface area contributed by atoms with Gasteiger partial charge in [0.1, 0.15) is 0 Å². The van der Waals surface area contributed by atoms with Crippen molar-refractivity contribution in [2.75, 3.05) is 6.54 Å². The van der Waals surface area contributed by atoms with Crippen LogP contribution in [0.4, 0.5) is 8.78 Å². The maximum absolute atomic E-state index is 13.0. The van der Waals surface area contributed by atoms with Gasteiger partial charge in [0.05, 0.1) is 6.04 Å². The third-order valence-electron chi connectivity index (χ3n) is 4.90. The molecule has 7 heteroatoms. The molecule has 4 nitrogen and oxygen atoms in total. The highest BCUT2D eigenvalue weighted by atomic mass is 32.1. The Morgan fingerprint density at radius 3 is 2.08 bits per heavy atom. The van der Waals surface area contributed by atoms with Crippen LogP contribution in [0.15, 0.2) is 54.1 Å². The molecule has 0 radical (unpaired) electrons. The van der Waals surface area contributed by atoms with Crippen LogP contribution >= 0.6 is 11.3 Å². The molecule has 0 aliphatic heterocycles. The molecule has 0 aliphatic rings. The summed E-state index contributed by atoms with van der Waals surface area (Å²) in [5.74, 6) is -1.49. The second kappa shape index (κ2) is 22.2. The Balaban J connectivity index is 0. The van der Waals surface area contributed by atoms with Crippen molar-refractivity contribution in [3.63, 3.8) is 0 Å². The van der Waals surface area contributed by atoms with E-state index in [-0.39, 0.29) is 17.7 Å². The molecule has 1 aromatic carbocycles. The van der Waals surface area contributed by atoms with Crippen molar-refractivity contribution in [2.45, 2.75) is 93.5 Å². The molecular formula is C31H48F2N2O2S. The fraction of sp³-hybridized carbons (Fsp3) is 0.484. The highest BCUT2D eigenvalue weighted by Gasteiger charge is 2.12. The fourth-order valence-electron chi connectivity index (χ4n) is 2.99. The zero-order valence-corrected chi connectivity index (χ0v) is 25.4. The molecule has 1 atom stereocenters. The first-order valence-corrected chi connectivity index (χ1v) is 14.3. The number of halogens is 2. The summed E-state index contributed by atoms with van der Waals surface area (Å²) in [4.78, 5) is 24.4. The van der Waals surface area contributed by atoms with E-state index in [1.165, 1.54) is 10.9 Å². The van der Waals surface area contributed by atoms with Crippen molar-refractivity contribution in [1.82, 2.24) is 10.6 Å². The molecule has 0 saturated heterocycles. The minimum atomic E-state index is -0.801. The lowest BCUT2D eigenvalue weighted by molar-refractivity contribution is -0.122. The van der Waals surface area contributed by atoms with E-state index in [0.717, 1.165) is 41.3 Å². The average Bonchev–Trinajstić information content (AvgIpc) is 3.37. The Labute approximate surface area is 233 Å². The molecule has 0 spiro atoms. The summed E-state index contributed by atoms with van der Waals surface area (Å²) in [7, 11) is 0. The van der Waals surface area contributed by atoms with Gasteiger partial charge in [0.25, 0.3) is 0 Å². The second-order valence-electron chi connectivity index (χ2n) is 8.31. The Morgan fingerprint density at radius 1 is 0.947 bits per heavy atom. The topological polar surface area (TPSA) is 58.2 Å². The number of hydrogen-bond acceptors (Lipinski definition) is 4.